The third-order valence-corrected chi connectivity index (χ3v) is 3.94. The molecule has 0 fully saturated rings. The zero-order valence-electron chi connectivity index (χ0n) is 12.3. The van der Waals surface area contributed by atoms with Gasteiger partial charge in [-0.05, 0) is 35.9 Å². The van der Waals surface area contributed by atoms with E-state index in [2.05, 4.69) is 10.4 Å². The Morgan fingerprint density at radius 1 is 1.12 bits per heavy atom. The monoisotopic (exact) mass is 363 g/mol. The molecule has 122 valence electrons. The van der Waals surface area contributed by atoms with Crippen LogP contribution in [0.15, 0.2) is 54.7 Å². The van der Waals surface area contributed by atoms with Gasteiger partial charge in [-0.15, -0.1) is 0 Å². The summed E-state index contributed by atoms with van der Waals surface area (Å²) in [6, 6.07) is 12.6. The summed E-state index contributed by atoms with van der Waals surface area (Å²) < 4.78 is 14.7. The van der Waals surface area contributed by atoms with Crippen molar-refractivity contribution in [2.24, 2.45) is 0 Å². The minimum absolute atomic E-state index is 0.0521. The van der Waals surface area contributed by atoms with Gasteiger partial charge in [0, 0.05) is 11.1 Å². The van der Waals surface area contributed by atoms with E-state index in [0.717, 1.165) is 11.6 Å². The van der Waals surface area contributed by atoms with Crippen LogP contribution in [0.4, 0.5) is 10.2 Å². The normalized spacial score (nSPS) is 10.6. The predicted octanol–water partition coefficient (Wildman–Crippen LogP) is 4.63. The van der Waals surface area contributed by atoms with Crippen LogP contribution in [0.2, 0.25) is 10.0 Å². The van der Waals surface area contributed by atoms with E-state index in [9.17, 15) is 9.18 Å². The van der Waals surface area contributed by atoms with Crippen molar-refractivity contribution in [1.29, 1.82) is 0 Å². The van der Waals surface area contributed by atoms with Crippen molar-refractivity contribution in [1.82, 2.24) is 9.78 Å². The molecular formula is C17H12Cl2FN3O. The Balaban J connectivity index is 1.77. The molecule has 0 bridgehead atoms. The molecule has 1 N–H and O–H groups in total. The molecule has 0 saturated carbocycles. The highest BCUT2D eigenvalue weighted by Gasteiger charge is 2.13. The number of aromatic nitrogens is 2. The zero-order chi connectivity index (χ0) is 17.1. The fourth-order valence-corrected chi connectivity index (χ4v) is 2.56. The van der Waals surface area contributed by atoms with Crippen molar-refractivity contribution < 1.29 is 9.18 Å². The number of halogens is 3. The lowest BCUT2D eigenvalue weighted by Gasteiger charge is -2.10. The first-order valence-electron chi connectivity index (χ1n) is 7.05. The second-order valence-electron chi connectivity index (χ2n) is 5.08. The van der Waals surface area contributed by atoms with Gasteiger partial charge in [0.2, 0.25) is 0 Å². The number of carbonyl (C=O) groups is 1. The van der Waals surface area contributed by atoms with Crippen molar-refractivity contribution in [3.8, 4) is 0 Å². The molecule has 2 aromatic carbocycles. The molecule has 3 aromatic rings. The quantitative estimate of drug-likeness (QED) is 0.734. The first-order valence-corrected chi connectivity index (χ1v) is 7.81. The van der Waals surface area contributed by atoms with Gasteiger partial charge in [-0.1, -0.05) is 35.3 Å². The Kier molecular flexibility index (Phi) is 4.83. The minimum atomic E-state index is -0.496. The lowest BCUT2D eigenvalue weighted by atomic mass is 10.2. The lowest BCUT2D eigenvalue weighted by molar-refractivity contribution is 0.102. The van der Waals surface area contributed by atoms with Gasteiger partial charge in [0.05, 0.1) is 23.3 Å². The van der Waals surface area contributed by atoms with E-state index in [1.165, 1.54) is 12.1 Å². The van der Waals surface area contributed by atoms with Gasteiger partial charge in [-0.2, -0.15) is 5.10 Å². The minimum Gasteiger partial charge on any atom is -0.307 e. The van der Waals surface area contributed by atoms with E-state index in [4.69, 9.17) is 23.2 Å². The van der Waals surface area contributed by atoms with Gasteiger partial charge in [0.1, 0.15) is 11.6 Å². The van der Waals surface area contributed by atoms with E-state index in [0.29, 0.717) is 17.4 Å². The second-order valence-corrected chi connectivity index (χ2v) is 5.92. The molecular weight excluding hydrogens is 352 g/mol. The van der Waals surface area contributed by atoms with Crippen LogP contribution in [0.1, 0.15) is 15.9 Å². The molecule has 0 aliphatic heterocycles. The zero-order valence-corrected chi connectivity index (χ0v) is 13.9. The SMILES string of the molecule is O=C(Nc1ccnn1Cc1ccc(Cl)cc1)c1ccc(F)cc1Cl. The van der Waals surface area contributed by atoms with Crippen molar-refractivity contribution >= 4 is 34.9 Å². The van der Waals surface area contributed by atoms with Crippen molar-refractivity contribution in [3.05, 3.63) is 81.7 Å². The number of benzene rings is 2. The number of hydrogen-bond acceptors (Lipinski definition) is 2. The van der Waals surface area contributed by atoms with Gasteiger partial charge in [0.25, 0.3) is 5.91 Å². The summed E-state index contributed by atoms with van der Waals surface area (Å²) in [7, 11) is 0. The molecule has 4 nitrogen and oxygen atoms in total. The number of nitrogens with one attached hydrogen (secondary N) is 1. The van der Waals surface area contributed by atoms with E-state index in [1.54, 1.807) is 29.1 Å². The van der Waals surface area contributed by atoms with Crippen LogP contribution in [-0.2, 0) is 6.54 Å². The Morgan fingerprint density at radius 2 is 1.88 bits per heavy atom. The predicted molar refractivity (Wildman–Crippen MR) is 92.1 cm³/mol. The van der Waals surface area contributed by atoms with Crippen LogP contribution >= 0.6 is 23.2 Å². The third-order valence-electron chi connectivity index (χ3n) is 3.38. The fraction of sp³-hybridized carbons (Fsp3) is 0.0588. The number of hydrogen-bond donors (Lipinski definition) is 1. The number of nitrogens with zero attached hydrogens (tertiary/aromatic N) is 2. The molecule has 0 saturated heterocycles. The van der Waals surface area contributed by atoms with Gasteiger partial charge in [-0.25, -0.2) is 9.07 Å². The molecule has 24 heavy (non-hydrogen) atoms. The van der Waals surface area contributed by atoms with Crippen molar-refractivity contribution in [3.63, 3.8) is 0 Å². The molecule has 0 aliphatic rings. The van der Waals surface area contributed by atoms with E-state index < -0.39 is 11.7 Å². The fourth-order valence-electron chi connectivity index (χ4n) is 2.18. The highest BCUT2D eigenvalue weighted by Crippen LogP contribution is 2.19. The Labute approximate surface area is 147 Å². The summed E-state index contributed by atoms with van der Waals surface area (Å²) in [4.78, 5) is 12.3. The second kappa shape index (κ2) is 7.03. The molecule has 0 unspecified atom stereocenters. The van der Waals surface area contributed by atoms with E-state index in [1.807, 2.05) is 12.1 Å². The average Bonchev–Trinajstić information content (AvgIpc) is 2.96. The van der Waals surface area contributed by atoms with Crippen molar-refractivity contribution in [2.45, 2.75) is 6.54 Å². The van der Waals surface area contributed by atoms with Crippen LogP contribution in [0.5, 0.6) is 0 Å². The summed E-state index contributed by atoms with van der Waals surface area (Å²) in [5.74, 6) is -0.419. The lowest BCUT2D eigenvalue weighted by Crippen LogP contribution is -2.16. The third kappa shape index (κ3) is 3.75. The topological polar surface area (TPSA) is 46.9 Å². The maximum Gasteiger partial charge on any atom is 0.258 e. The molecule has 1 amide bonds. The van der Waals surface area contributed by atoms with Crippen LogP contribution in [0.3, 0.4) is 0 Å². The van der Waals surface area contributed by atoms with E-state index in [-0.39, 0.29) is 10.6 Å². The molecule has 0 aliphatic carbocycles. The molecule has 3 rings (SSSR count). The summed E-state index contributed by atoms with van der Waals surface area (Å²) in [5.41, 5.74) is 1.18. The maximum absolute atomic E-state index is 13.1. The molecule has 1 aromatic heterocycles. The van der Waals surface area contributed by atoms with Crippen LogP contribution in [0, 0.1) is 5.82 Å². The number of carbonyl (C=O) groups excluding carboxylic acids is 1. The molecule has 1 heterocycles. The van der Waals surface area contributed by atoms with Crippen molar-refractivity contribution in [2.75, 3.05) is 5.32 Å². The Bertz CT molecular complexity index is 878. The molecule has 0 radical (unpaired) electrons. The highest BCUT2D eigenvalue weighted by atomic mass is 35.5. The summed E-state index contributed by atoms with van der Waals surface area (Å²) in [5, 5.41) is 7.62. The molecule has 0 spiro atoms. The first-order chi connectivity index (χ1) is 11.5. The average molecular weight is 364 g/mol. The first kappa shape index (κ1) is 16.5. The number of rotatable bonds is 4. The maximum atomic E-state index is 13.1. The summed E-state index contributed by atoms with van der Waals surface area (Å²) in [6.45, 7) is 0.469. The van der Waals surface area contributed by atoms with Crippen LogP contribution in [0.25, 0.3) is 0 Å². The van der Waals surface area contributed by atoms with Crippen LogP contribution < -0.4 is 5.32 Å². The smallest absolute Gasteiger partial charge is 0.258 e. The highest BCUT2D eigenvalue weighted by molar-refractivity contribution is 6.34. The molecule has 7 heteroatoms. The number of anilines is 1. The molecule has 0 atom stereocenters. The largest absolute Gasteiger partial charge is 0.307 e. The Hall–Kier alpha value is -2.37. The summed E-state index contributed by atoms with van der Waals surface area (Å²) >= 11 is 11.8. The standard InChI is InChI=1S/C17H12Cl2FN3O/c18-12-3-1-11(2-4-12)10-23-16(7-8-21-23)22-17(24)14-6-5-13(20)9-15(14)19/h1-9H,10H2,(H,22,24). The van der Waals surface area contributed by atoms with Gasteiger partial charge >= 0.3 is 0 Å². The van der Waals surface area contributed by atoms with Gasteiger partial charge in [-0.3, -0.25) is 4.79 Å². The van der Waals surface area contributed by atoms with E-state index >= 15 is 0 Å². The Morgan fingerprint density at radius 3 is 2.58 bits per heavy atom. The van der Waals surface area contributed by atoms with Gasteiger partial charge in [0.15, 0.2) is 0 Å². The van der Waals surface area contributed by atoms with Crippen LogP contribution in [-0.4, -0.2) is 15.7 Å². The van der Waals surface area contributed by atoms with Gasteiger partial charge < -0.3 is 5.32 Å². The number of amides is 1. The summed E-state index contributed by atoms with van der Waals surface area (Å²) in [6.07, 6.45) is 1.58.